The molecular formula is C27H25O4-. The molecule has 0 saturated carbocycles. The number of hydrogen-bond acceptors (Lipinski definition) is 4. The number of carboxylic acid groups (broad SMARTS) is 1. The topological polar surface area (TPSA) is 66.4 Å². The third-order valence-electron chi connectivity index (χ3n) is 6.06. The van der Waals surface area contributed by atoms with E-state index in [2.05, 4.69) is 13.8 Å². The van der Waals surface area contributed by atoms with Crippen molar-refractivity contribution in [3.05, 3.63) is 100 Å². The minimum Gasteiger partial charge on any atom is -0.545 e. The number of carbonyl (C=O) groups is 2. The molecule has 0 fully saturated rings. The zero-order valence-electron chi connectivity index (χ0n) is 17.8. The number of fused-ring (bicyclic) bond motifs is 1. The SMILES string of the molecule is CC1(C)CCCc2cc(C(=O)Oc3ccc(C(=O)[O-])c(Cc4ccccc4)c3)ccc21. The maximum Gasteiger partial charge on any atom is 0.343 e. The molecule has 0 N–H and O–H groups in total. The van der Waals surface area contributed by atoms with Crippen LogP contribution in [-0.4, -0.2) is 11.9 Å². The summed E-state index contributed by atoms with van der Waals surface area (Å²) >= 11 is 0. The van der Waals surface area contributed by atoms with Gasteiger partial charge >= 0.3 is 5.97 Å². The molecule has 3 aromatic rings. The number of aryl methyl sites for hydroxylation is 1. The second kappa shape index (κ2) is 8.38. The van der Waals surface area contributed by atoms with E-state index < -0.39 is 11.9 Å². The average Bonchev–Trinajstić information content (AvgIpc) is 2.74. The van der Waals surface area contributed by atoms with E-state index in [0.29, 0.717) is 23.3 Å². The van der Waals surface area contributed by atoms with Crippen LogP contribution >= 0.6 is 0 Å². The van der Waals surface area contributed by atoms with Gasteiger partial charge in [0.25, 0.3) is 0 Å². The summed E-state index contributed by atoms with van der Waals surface area (Å²) in [4.78, 5) is 24.3. The summed E-state index contributed by atoms with van der Waals surface area (Å²) in [5.74, 6) is -1.38. The van der Waals surface area contributed by atoms with Crippen molar-refractivity contribution in [3.63, 3.8) is 0 Å². The van der Waals surface area contributed by atoms with Crippen LogP contribution in [0.1, 0.15) is 69.7 Å². The standard InChI is InChI=1S/C27H26O4/c1-27(2)14-6-9-19-16-20(10-13-24(19)27)26(30)31-22-11-12-23(25(28)29)21(17-22)15-18-7-4-3-5-8-18/h3-5,7-8,10-13,16-17H,6,9,14-15H2,1-2H3,(H,28,29)/p-1. The lowest BCUT2D eigenvalue weighted by Crippen LogP contribution is -2.24. The first-order valence-corrected chi connectivity index (χ1v) is 10.6. The molecule has 0 spiro atoms. The van der Waals surface area contributed by atoms with Gasteiger partial charge in [-0.25, -0.2) is 4.79 Å². The van der Waals surface area contributed by atoms with Crippen LogP contribution in [0.2, 0.25) is 0 Å². The molecule has 0 atom stereocenters. The molecular weight excluding hydrogens is 388 g/mol. The van der Waals surface area contributed by atoms with Crippen LogP contribution in [0.3, 0.4) is 0 Å². The van der Waals surface area contributed by atoms with Gasteiger partial charge in [0.05, 0.1) is 11.5 Å². The van der Waals surface area contributed by atoms with Crippen molar-refractivity contribution in [2.75, 3.05) is 0 Å². The van der Waals surface area contributed by atoms with Gasteiger partial charge in [-0.15, -0.1) is 0 Å². The number of ether oxygens (including phenoxy) is 1. The summed E-state index contributed by atoms with van der Waals surface area (Å²) in [6.07, 6.45) is 3.61. The average molecular weight is 413 g/mol. The Morgan fingerprint density at radius 1 is 1.00 bits per heavy atom. The Labute approximate surface area is 182 Å². The van der Waals surface area contributed by atoms with Gasteiger partial charge in [0.15, 0.2) is 0 Å². The Morgan fingerprint density at radius 3 is 2.52 bits per heavy atom. The highest BCUT2D eigenvalue weighted by molar-refractivity contribution is 5.92. The lowest BCUT2D eigenvalue weighted by molar-refractivity contribution is -0.255. The number of rotatable bonds is 5. The first kappa shape index (κ1) is 20.9. The third kappa shape index (κ3) is 4.53. The monoisotopic (exact) mass is 413 g/mol. The largest absolute Gasteiger partial charge is 0.545 e. The molecule has 0 bridgehead atoms. The second-order valence-electron chi connectivity index (χ2n) is 8.77. The summed E-state index contributed by atoms with van der Waals surface area (Å²) in [5.41, 5.74) is 4.71. The molecule has 31 heavy (non-hydrogen) atoms. The highest BCUT2D eigenvalue weighted by Crippen LogP contribution is 2.37. The van der Waals surface area contributed by atoms with Crippen molar-refractivity contribution in [2.24, 2.45) is 0 Å². The van der Waals surface area contributed by atoms with Gasteiger partial charge in [0.1, 0.15) is 5.75 Å². The smallest absolute Gasteiger partial charge is 0.343 e. The minimum absolute atomic E-state index is 0.0969. The summed E-state index contributed by atoms with van der Waals surface area (Å²) in [6, 6.07) is 19.9. The normalized spacial score (nSPS) is 14.5. The Morgan fingerprint density at radius 2 is 1.77 bits per heavy atom. The molecule has 0 radical (unpaired) electrons. The Balaban J connectivity index is 1.58. The van der Waals surface area contributed by atoms with Gasteiger partial charge in [-0.05, 0) is 83.7 Å². The molecule has 158 valence electrons. The fraction of sp³-hybridized carbons (Fsp3) is 0.259. The molecule has 4 heteroatoms. The number of esters is 1. The van der Waals surface area contributed by atoms with Crippen LogP contribution in [0, 0.1) is 0 Å². The first-order chi connectivity index (χ1) is 14.8. The highest BCUT2D eigenvalue weighted by atomic mass is 16.5. The van der Waals surface area contributed by atoms with E-state index in [9.17, 15) is 14.7 Å². The molecule has 0 saturated heterocycles. The highest BCUT2D eigenvalue weighted by Gasteiger charge is 2.28. The maximum atomic E-state index is 12.8. The molecule has 3 aromatic carbocycles. The molecule has 0 unspecified atom stereocenters. The van der Waals surface area contributed by atoms with Crippen molar-refractivity contribution in [1.29, 1.82) is 0 Å². The fourth-order valence-corrected chi connectivity index (χ4v) is 4.40. The summed E-state index contributed by atoms with van der Waals surface area (Å²) in [6.45, 7) is 4.46. The molecule has 4 nitrogen and oxygen atoms in total. The van der Waals surface area contributed by atoms with E-state index in [-0.39, 0.29) is 11.0 Å². The Hall–Kier alpha value is -3.40. The number of carbonyl (C=O) groups excluding carboxylic acids is 2. The van der Waals surface area contributed by atoms with E-state index in [0.717, 1.165) is 24.8 Å². The Bertz CT molecular complexity index is 1130. The van der Waals surface area contributed by atoms with Crippen molar-refractivity contribution in [2.45, 2.75) is 44.9 Å². The molecule has 1 aliphatic carbocycles. The van der Waals surface area contributed by atoms with E-state index in [1.165, 1.54) is 23.3 Å². The summed E-state index contributed by atoms with van der Waals surface area (Å²) in [5, 5.41) is 11.5. The number of aromatic carboxylic acids is 1. The fourth-order valence-electron chi connectivity index (χ4n) is 4.40. The van der Waals surface area contributed by atoms with Gasteiger partial charge in [0.2, 0.25) is 0 Å². The van der Waals surface area contributed by atoms with Crippen molar-refractivity contribution < 1.29 is 19.4 Å². The maximum absolute atomic E-state index is 12.8. The number of carboxylic acids is 1. The van der Waals surface area contributed by atoms with Crippen LogP contribution in [0.15, 0.2) is 66.7 Å². The van der Waals surface area contributed by atoms with Crippen molar-refractivity contribution in [1.82, 2.24) is 0 Å². The van der Waals surface area contributed by atoms with Crippen molar-refractivity contribution >= 4 is 11.9 Å². The van der Waals surface area contributed by atoms with E-state index in [1.807, 2.05) is 48.5 Å². The third-order valence-corrected chi connectivity index (χ3v) is 6.06. The predicted octanol–water partition coefficient (Wildman–Crippen LogP) is 4.47. The van der Waals surface area contributed by atoms with Crippen molar-refractivity contribution in [3.8, 4) is 5.75 Å². The van der Waals surface area contributed by atoms with E-state index in [1.54, 1.807) is 6.07 Å². The van der Waals surface area contributed by atoms with E-state index >= 15 is 0 Å². The molecule has 0 heterocycles. The van der Waals surface area contributed by atoms with Crippen LogP contribution in [0.5, 0.6) is 5.75 Å². The van der Waals surface area contributed by atoms with Crippen LogP contribution < -0.4 is 9.84 Å². The molecule has 1 aliphatic rings. The molecule has 0 aliphatic heterocycles. The molecule has 0 amide bonds. The minimum atomic E-state index is -1.25. The van der Waals surface area contributed by atoms with Gasteiger partial charge in [-0.1, -0.05) is 50.2 Å². The van der Waals surface area contributed by atoms with Gasteiger partial charge in [0, 0.05) is 5.56 Å². The quantitative estimate of drug-likeness (QED) is 0.457. The zero-order chi connectivity index (χ0) is 22.0. The molecule has 0 aromatic heterocycles. The lowest BCUT2D eigenvalue weighted by atomic mass is 9.72. The Kier molecular flexibility index (Phi) is 5.64. The van der Waals surface area contributed by atoms with Gasteiger partial charge in [-0.3, -0.25) is 0 Å². The van der Waals surface area contributed by atoms with Crippen LogP contribution in [0.4, 0.5) is 0 Å². The lowest BCUT2D eigenvalue weighted by Gasteiger charge is -2.32. The summed E-state index contributed by atoms with van der Waals surface area (Å²) < 4.78 is 5.60. The van der Waals surface area contributed by atoms with E-state index in [4.69, 9.17) is 4.74 Å². The number of benzene rings is 3. The zero-order valence-corrected chi connectivity index (χ0v) is 17.8. The van der Waals surface area contributed by atoms with Gasteiger partial charge < -0.3 is 14.6 Å². The predicted molar refractivity (Wildman–Crippen MR) is 117 cm³/mol. The van der Waals surface area contributed by atoms with Crippen LogP contribution in [-0.2, 0) is 18.3 Å². The number of hydrogen-bond donors (Lipinski definition) is 0. The second-order valence-corrected chi connectivity index (χ2v) is 8.77. The molecule has 4 rings (SSSR count). The van der Waals surface area contributed by atoms with Gasteiger partial charge in [-0.2, -0.15) is 0 Å². The summed E-state index contributed by atoms with van der Waals surface area (Å²) in [7, 11) is 0. The first-order valence-electron chi connectivity index (χ1n) is 10.6. The van der Waals surface area contributed by atoms with Crippen LogP contribution in [0.25, 0.3) is 0 Å².